The Balaban J connectivity index is 1.29. The van der Waals surface area contributed by atoms with E-state index in [1.165, 1.54) is 0 Å². The van der Waals surface area contributed by atoms with E-state index in [0.717, 1.165) is 11.0 Å². The van der Waals surface area contributed by atoms with Gasteiger partial charge >= 0.3 is 0 Å². The van der Waals surface area contributed by atoms with Gasteiger partial charge in [-0.2, -0.15) is 0 Å². The van der Waals surface area contributed by atoms with E-state index in [1.54, 1.807) is 35.3 Å². The third-order valence-electron chi connectivity index (χ3n) is 4.70. The first-order valence-corrected chi connectivity index (χ1v) is 9.79. The van der Waals surface area contributed by atoms with Crippen LogP contribution in [0.15, 0.2) is 54.9 Å². The fourth-order valence-corrected chi connectivity index (χ4v) is 3.14. The molecule has 4 aromatic rings. The summed E-state index contributed by atoms with van der Waals surface area (Å²) in [6, 6.07) is 15.1. The van der Waals surface area contributed by atoms with Gasteiger partial charge in [0.1, 0.15) is 12.4 Å². The van der Waals surface area contributed by atoms with Crippen molar-refractivity contribution >= 4 is 16.9 Å². The number of hydrogen-bond donors (Lipinski definition) is 1. The fraction of sp³-hybridized carbons (Fsp3) is 0.286. The quantitative estimate of drug-likeness (QED) is 0.484. The maximum Gasteiger partial charge on any atom is 0.251 e. The Hall–Kier alpha value is -3.75. The first-order valence-electron chi connectivity index (χ1n) is 9.79. The number of carbonyl (C=O) groups excluding carboxylic acids is 1. The van der Waals surface area contributed by atoms with Crippen LogP contribution in [0.3, 0.4) is 0 Å². The van der Waals surface area contributed by atoms with Gasteiger partial charge in [-0.15, -0.1) is 5.10 Å². The number of nitrogens with one attached hydrogen (secondary N) is 1. The molecular weight excluding hydrogens is 382 g/mol. The van der Waals surface area contributed by atoms with Crippen LogP contribution in [0.2, 0.25) is 0 Å². The number of para-hydroxylation sites is 2. The molecule has 2 heterocycles. The number of aromatic nitrogens is 6. The lowest BCUT2D eigenvalue weighted by Gasteiger charge is -2.10. The van der Waals surface area contributed by atoms with Crippen LogP contribution in [0.4, 0.5) is 0 Å². The lowest BCUT2D eigenvalue weighted by atomic mass is 10.2. The third kappa shape index (κ3) is 4.29. The standard InChI is InChI=1S/C21H23N7O2/c1-15(2)28-20(24-25-26-28)13-30-17-9-7-16(8-10-17)21(29)22-11-12-27-14-23-18-5-3-4-6-19(18)27/h3-10,14-15H,11-13H2,1-2H3,(H,22,29). The van der Waals surface area contributed by atoms with E-state index in [4.69, 9.17) is 4.74 Å². The highest BCUT2D eigenvalue weighted by atomic mass is 16.5. The predicted octanol–water partition coefficient (Wildman–Crippen LogP) is 2.61. The minimum absolute atomic E-state index is 0.130. The van der Waals surface area contributed by atoms with Gasteiger partial charge in [0.05, 0.1) is 23.4 Å². The number of ether oxygens (including phenoxy) is 1. The van der Waals surface area contributed by atoms with Gasteiger partial charge in [-0.25, -0.2) is 9.67 Å². The summed E-state index contributed by atoms with van der Waals surface area (Å²) in [5.41, 5.74) is 2.57. The topological polar surface area (TPSA) is 99.8 Å². The SMILES string of the molecule is CC(C)n1nnnc1COc1ccc(C(=O)NCCn2cnc3ccccc32)cc1. The molecule has 0 saturated carbocycles. The van der Waals surface area contributed by atoms with Crippen molar-refractivity contribution < 1.29 is 9.53 Å². The highest BCUT2D eigenvalue weighted by Crippen LogP contribution is 2.15. The predicted molar refractivity (Wildman–Crippen MR) is 111 cm³/mol. The van der Waals surface area contributed by atoms with Crippen molar-refractivity contribution in [3.63, 3.8) is 0 Å². The minimum atomic E-state index is -0.130. The van der Waals surface area contributed by atoms with Crippen LogP contribution in [-0.4, -0.2) is 42.2 Å². The number of amides is 1. The monoisotopic (exact) mass is 405 g/mol. The number of nitrogens with zero attached hydrogens (tertiary/aromatic N) is 6. The van der Waals surface area contributed by atoms with E-state index in [-0.39, 0.29) is 18.6 Å². The zero-order valence-electron chi connectivity index (χ0n) is 16.9. The zero-order chi connectivity index (χ0) is 20.9. The molecule has 9 heteroatoms. The summed E-state index contributed by atoms with van der Waals surface area (Å²) in [7, 11) is 0. The second-order valence-electron chi connectivity index (χ2n) is 7.13. The van der Waals surface area contributed by atoms with Crippen LogP contribution in [0.25, 0.3) is 11.0 Å². The molecule has 0 aliphatic rings. The van der Waals surface area contributed by atoms with Crippen LogP contribution in [0.5, 0.6) is 5.75 Å². The highest BCUT2D eigenvalue weighted by molar-refractivity contribution is 5.94. The van der Waals surface area contributed by atoms with Crippen LogP contribution < -0.4 is 10.1 Å². The molecule has 0 saturated heterocycles. The molecule has 0 bridgehead atoms. The summed E-state index contributed by atoms with van der Waals surface area (Å²) in [5.74, 6) is 1.17. The first kappa shape index (κ1) is 19.6. The molecule has 9 nitrogen and oxygen atoms in total. The van der Waals surface area contributed by atoms with Crippen molar-refractivity contribution in [1.82, 2.24) is 35.1 Å². The second-order valence-corrected chi connectivity index (χ2v) is 7.13. The van der Waals surface area contributed by atoms with E-state index >= 15 is 0 Å². The molecule has 4 rings (SSSR count). The number of fused-ring (bicyclic) bond motifs is 1. The van der Waals surface area contributed by atoms with E-state index in [0.29, 0.717) is 30.2 Å². The Bertz CT molecular complexity index is 1130. The molecule has 154 valence electrons. The second kappa shape index (κ2) is 8.73. The molecule has 0 fully saturated rings. The maximum absolute atomic E-state index is 12.4. The van der Waals surface area contributed by atoms with E-state index in [2.05, 4.69) is 25.8 Å². The van der Waals surface area contributed by atoms with Crippen molar-refractivity contribution in [3.8, 4) is 5.75 Å². The fourth-order valence-electron chi connectivity index (χ4n) is 3.14. The van der Waals surface area contributed by atoms with Gasteiger partial charge in [0, 0.05) is 18.7 Å². The first-order chi connectivity index (χ1) is 14.6. The molecule has 2 aromatic carbocycles. The molecule has 0 spiro atoms. The van der Waals surface area contributed by atoms with Crippen molar-refractivity contribution in [2.45, 2.75) is 33.0 Å². The van der Waals surface area contributed by atoms with Crippen molar-refractivity contribution in [1.29, 1.82) is 0 Å². The molecule has 0 atom stereocenters. The smallest absolute Gasteiger partial charge is 0.251 e. The lowest BCUT2D eigenvalue weighted by molar-refractivity contribution is 0.0952. The lowest BCUT2D eigenvalue weighted by Crippen LogP contribution is -2.27. The largest absolute Gasteiger partial charge is 0.486 e. The Kier molecular flexibility index (Phi) is 5.69. The molecule has 0 aliphatic carbocycles. The molecular formula is C21H23N7O2. The summed E-state index contributed by atoms with van der Waals surface area (Å²) in [6.07, 6.45) is 1.79. The number of carbonyl (C=O) groups is 1. The van der Waals surface area contributed by atoms with Gasteiger partial charge < -0.3 is 14.6 Å². The number of tetrazole rings is 1. The van der Waals surface area contributed by atoms with Crippen molar-refractivity contribution in [3.05, 3.63) is 66.2 Å². The molecule has 1 N–H and O–H groups in total. The van der Waals surface area contributed by atoms with Crippen LogP contribution in [-0.2, 0) is 13.2 Å². The Morgan fingerprint density at radius 2 is 1.93 bits per heavy atom. The molecule has 0 unspecified atom stereocenters. The van der Waals surface area contributed by atoms with Crippen LogP contribution >= 0.6 is 0 Å². The summed E-state index contributed by atoms with van der Waals surface area (Å²) < 4.78 is 9.48. The normalized spacial score (nSPS) is 11.2. The van der Waals surface area contributed by atoms with E-state index < -0.39 is 0 Å². The van der Waals surface area contributed by atoms with Crippen molar-refractivity contribution in [2.75, 3.05) is 6.54 Å². The number of hydrogen-bond acceptors (Lipinski definition) is 6. The zero-order valence-corrected chi connectivity index (χ0v) is 16.9. The van der Waals surface area contributed by atoms with Gasteiger partial charge in [-0.1, -0.05) is 12.1 Å². The van der Waals surface area contributed by atoms with E-state index in [9.17, 15) is 4.79 Å². The Morgan fingerprint density at radius 1 is 1.13 bits per heavy atom. The van der Waals surface area contributed by atoms with Crippen LogP contribution in [0, 0.1) is 0 Å². The average molecular weight is 405 g/mol. The highest BCUT2D eigenvalue weighted by Gasteiger charge is 2.10. The van der Waals surface area contributed by atoms with Gasteiger partial charge in [0.25, 0.3) is 5.91 Å². The molecule has 2 aromatic heterocycles. The number of imidazole rings is 1. The Labute approximate surface area is 173 Å². The average Bonchev–Trinajstić information content (AvgIpc) is 3.40. The molecule has 30 heavy (non-hydrogen) atoms. The van der Waals surface area contributed by atoms with Crippen LogP contribution in [0.1, 0.15) is 36.1 Å². The van der Waals surface area contributed by atoms with Crippen molar-refractivity contribution in [2.24, 2.45) is 0 Å². The third-order valence-corrected chi connectivity index (χ3v) is 4.70. The van der Waals surface area contributed by atoms with E-state index in [1.807, 2.05) is 42.7 Å². The molecule has 1 amide bonds. The van der Waals surface area contributed by atoms with Gasteiger partial charge in [0.15, 0.2) is 5.82 Å². The molecule has 0 radical (unpaired) electrons. The summed E-state index contributed by atoms with van der Waals surface area (Å²) in [4.78, 5) is 16.8. The Morgan fingerprint density at radius 3 is 2.73 bits per heavy atom. The van der Waals surface area contributed by atoms with Gasteiger partial charge in [-0.3, -0.25) is 4.79 Å². The van der Waals surface area contributed by atoms with Gasteiger partial charge in [0.2, 0.25) is 0 Å². The minimum Gasteiger partial charge on any atom is -0.486 e. The summed E-state index contributed by atoms with van der Waals surface area (Å²) in [5, 5.41) is 14.5. The maximum atomic E-state index is 12.4. The number of rotatable bonds is 8. The number of benzene rings is 2. The summed E-state index contributed by atoms with van der Waals surface area (Å²) >= 11 is 0. The van der Waals surface area contributed by atoms with Gasteiger partial charge in [-0.05, 0) is 60.7 Å². The summed E-state index contributed by atoms with van der Waals surface area (Å²) in [6.45, 7) is 5.42. The molecule has 0 aliphatic heterocycles.